The Kier molecular flexibility index (Phi) is 6.90. The minimum Gasteiger partial charge on any atom is -0.497 e. The smallest absolute Gasteiger partial charge is 0.325 e. The van der Waals surface area contributed by atoms with Gasteiger partial charge in [-0.15, -0.1) is 0 Å². The van der Waals surface area contributed by atoms with E-state index in [1.807, 2.05) is 30.0 Å². The SMILES string of the molecule is COc1ccc(C2(C)NC(=O)N(CC(=O)Nc3cccc(CN4CCSCC4)c3)C2=O)cc1. The molecule has 2 N–H and O–H groups in total. The minimum atomic E-state index is -1.24. The molecule has 2 aromatic carbocycles. The quantitative estimate of drug-likeness (QED) is 0.607. The number of imide groups is 1. The summed E-state index contributed by atoms with van der Waals surface area (Å²) in [6.45, 7) is 4.22. The molecule has 0 radical (unpaired) electrons. The van der Waals surface area contributed by atoms with Crippen molar-refractivity contribution in [2.75, 3.05) is 43.6 Å². The molecule has 9 heteroatoms. The van der Waals surface area contributed by atoms with Gasteiger partial charge in [0.1, 0.15) is 17.8 Å². The van der Waals surface area contributed by atoms with Crippen LogP contribution in [0.4, 0.5) is 10.5 Å². The molecule has 4 amide bonds. The number of hydrogen-bond acceptors (Lipinski definition) is 6. The van der Waals surface area contributed by atoms with Crippen molar-refractivity contribution in [3.05, 3.63) is 59.7 Å². The van der Waals surface area contributed by atoms with Gasteiger partial charge >= 0.3 is 6.03 Å². The summed E-state index contributed by atoms with van der Waals surface area (Å²) in [4.78, 5) is 41.6. The van der Waals surface area contributed by atoms with E-state index in [1.165, 1.54) is 0 Å². The van der Waals surface area contributed by atoms with Crippen LogP contribution in [0.15, 0.2) is 48.5 Å². The molecular weight excluding hydrogens is 440 g/mol. The normalized spacial score (nSPS) is 21.1. The van der Waals surface area contributed by atoms with E-state index in [2.05, 4.69) is 15.5 Å². The first-order valence-electron chi connectivity index (χ1n) is 10.9. The Labute approximate surface area is 197 Å². The summed E-state index contributed by atoms with van der Waals surface area (Å²) in [6.07, 6.45) is 0. The summed E-state index contributed by atoms with van der Waals surface area (Å²) in [5.41, 5.74) is 1.14. The maximum absolute atomic E-state index is 13.1. The van der Waals surface area contributed by atoms with E-state index in [1.54, 1.807) is 44.4 Å². The van der Waals surface area contributed by atoms with Gasteiger partial charge in [0.15, 0.2) is 0 Å². The number of anilines is 1. The Morgan fingerprint density at radius 3 is 2.58 bits per heavy atom. The van der Waals surface area contributed by atoms with Crippen LogP contribution in [0.25, 0.3) is 0 Å². The van der Waals surface area contributed by atoms with Crippen LogP contribution < -0.4 is 15.4 Å². The van der Waals surface area contributed by atoms with Gasteiger partial charge in [0.05, 0.1) is 7.11 Å². The van der Waals surface area contributed by atoms with E-state index < -0.39 is 23.4 Å². The van der Waals surface area contributed by atoms with Crippen LogP contribution in [0, 0.1) is 0 Å². The maximum Gasteiger partial charge on any atom is 0.325 e. The zero-order chi connectivity index (χ0) is 23.4. The molecule has 174 valence electrons. The number of carbonyl (C=O) groups is 3. The van der Waals surface area contributed by atoms with Gasteiger partial charge in [0, 0.05) is 36.8 Å². The molecule has 2 aliphatic rings. The third-order valence-corrected chi connectivity index (χ3v) is 6.91. The highest BCUT2D eigenvalue weighted by atomic mass is 32.2. The Bertz CT molecular complexity index is 1040. The molecule has 1 atom stereocenters. The molecule has 0 aromatic heterocycles. The Hall–Kier alpha value is -3.04. The number of amides is 4. The molecule has 0 spiro atoms. The van der Waals surface area contributed by atoms with Gasteiger partial charge in [-0.05, 0) is 42.3 Å². The average Bonchev–Trinajstić information content (AvgIpc) is 3.04. The van der Waals surface area contributed by atoms with E-state index in [9.17, 15) is 14.4 Å². The summed E-state index contributed by atoms with van der Waals surface area (Å²) in [6, 6.07) is 14.0. The number of methoxy groups -OCH3 is 1. The van der Waals surface area contributed by atoms with E-state index >= 15 is 0 Å². The first-order valence-corrected chi connectivity index (χ1v) is 12.0. The summed E-state index contributed by atoms with van der Waals surface area (Å²) in [5.74, 6) is 2.03. The molecule has 2 aromatic rings. The largest absolute Gasteiger partial charge is 0.497 e. The predicted molar refractivity (Wildman–Crippen MR) is 128 cm³/mol. The predicted octanol–water partition coefficient (Wildman–Crippen LogP) is 2.65. The first-order chi connectivity index (χ1) is 15.9. The van der Waals surface area contributed by atoms with Crippen molar-refractivity contribution < 1.29 is 19.1 Å². The fourth-order valence-electron chi connectivity index (χ4n) is 4.07. The lowest BCUT2D eigenvalue weighted by Crippen LogP contribution is -2.42. The fraction of sp³-hybridized carbons (Fsp3) is 0.375. The fourth-order valence-corrected chi connectivity index (χ4v) is 5.05. The highest BCUT2D eigenvalue weighted by Crippen LogP contribution is 2.30. The monoisotopic (exact) mass is 468 g/mol. The second-order valence-electron chi connectivity index (χ2n) is 8.31. The number of carbonyl (C=O) groups excluding carboxylic acids is 3. The van der Waals surface area contributed by atoms with Gasteiger partial charge in [-0.1, -0.05) is 24.3 Å². The van der Waals surface area contributed by atoms with E-state index in [0.29, 0.717) is 17.0 Å². The van der Waals surface area contributed by atoms with Crippen molar-refractivity contribution in [2.45, 2.75) is 19.0 Å². The molecule has 8 nitrogen and oxygen atoms in total. The summed E-state index contributed by atoms with van der Waals surface area (Å²) in [5, 5.41) is 5.53. The number of nitrogens with one attached hydrogen (secondary N) is 2. The Balaban J connectivity index is 1.39. The number of benzene rings is 2. The number of rotatable bonds is 7. The molecule has 2 saturated heterocycles. The van der Waals surface area contributed by atoms with Crippen LogP contribution in [0.1, 0.15) is 18.1 Å². The zero-order valence-electron chi connectivity index (χ0n) is 18.8. The van der Waals surface area contributed by atoms with Crippen LogP contribution in [0.5, 0.6) is 5.75 Å². The number of thioether (sulfide) groups is 1. The molecule has 2 fully saturated rings. The topological polar surface area (TPSA) is 91.0 Å². The third kappa shape index (κ3) is 5.15. The summed E-state index contributed by atoms with van der Waals surface area (Å²) >= 11 is 1.97. The molecule has 33 heavy (non-hydrogen) atoms. The van der Waals surface area contributed by atoms with Gasteiger partial charge in [0.25, 0.3) is 5.91 Å². The minimum absolute atomic E-state index is 0.357. The molecule has 0 bridgehead atoms. The number of urea groups is 1. The molecule has 1 unspecified atom stereocenters. The second kappa shape index (κ2) is 9.84. The van der Waals surface area contributed by atoms with E-state index in [4.69, 9.17) is 4.74 Å². The summed E-state index contributed by atoms with van der Waals surface area (Å²) in [7, 11) is 1.56. The van der Waals surface area contributed by atoms with E-state index in [0.717, 1.165) is 41.6 Å². The van der Waals surface area contributed by atoms with Crippen LogP contribution in [0.3, 0.4) is 0 Å². The van der Waals surface area contributed by atoms with Gasteiger partial charge in [0.2, 0.25) is 5.91 Å². The number of nitrogens with zero attached hydrogens (tertiary/aromatic N) is 2. The van der Waals surface area contributed by atoms with Gasteiger partial charge in [-0.3, -0.25) is 19.4 Å². The molecule has 2 aliphatic heterocycles. The lowest BCUT2D eigenvalue weighted by molar-refractivity contribution is -0.133. The molecular formula is C24H28N4O4S. The van der Waals surface area contributed by atoms with Gasteiger partial charge < -0.3 is 15.4 Å². The summed E-state index contributed by atoms with van der Waals surface area (Å²) < 4.78 is 5.15. The number of ether oxygens (including phenoxy) is 1. The van der Waals surface area contributed by atoms with Crippen LogP contribution in [-0.4, -0.2) is 65.9 Å². The standard InChI is InChI=1S/C24H28N4O4S/c1-24(18-6-8-20(32-2)9-7-18)22(30)28(23(31)26-24)16-21(29)25-19-5-3-4-17(14-19)15-27-10-12-33-13-11-27/h3-9,14H,10-13,15-16H2,1-2H3,(H,25,29)(H,26,31). The molecule has 0 aliphatic carbocycles. The maximum atomic E-state index is 13.1. The zero-order valence-corrected chi connectivity index (χ0v) is 19.6. The van der Waals surface area contributed by atoms with Crippen molar-refractivity contribution in [2.24, 2.45) is 0 Å². The van der Waals surface area contributed by atoms with Crippen molar-refractivity contribution in [1.82, 2.24) is 15.1 Å². The lowest BCUT2D eigenvalue weighted by Gasteiger charge is -2.26. The highest BCUT2D eigenvalue weighted by Gasteiger charge is 2.49. The molecule has 2 heterocycles. The molecule has 4 rings (SSSR count). The number of hydrogen-bond donors (Lipinski definition) is 2. The average molecular weight is 469 g/mol. The lowest BCUT2D eigenvalue weighted by atomic mass is 9.92. The van der Waals surface area contributed by atoms with Crippen molar-refractivity contribution in [3.63, 3.8) is 0 Å². The second-order valence-corrected chi connectivity index (χ2v) is 9.54. The van der Waals surface area contributed by atoms with Crippen molar-refractivity contribution >= 4 is 35.3 Å². The van der Waals surface area contributed by atoms with E-state index in [-0.39, 0.29) is 6.54 Å². The van der Waals surface area contributed by atoms with Gasteiger partial charge in [-0.25, -0.2) is 4.79 Å². The third-order valence-electron chi connectivity index (χ3n) is 5.96. The van der Waals surface area contributed by atoms with Gasteiger partial charge in [-0.2, -0.15) is 11.8 Å². The van der Waals surface area contributed by atoms with Crippen LogP contribution in [0.2, 0.25) is 0 Å². The van der Waals surface area contributed by atoms with Crippen molar-refractivity contribution in [3.8, 4) is 5.75 Å². The van der Waals surface area contributed by atoms with Crippen molar-refractivity contribution in [1.29, 1.82) is 0 Å². The first kappa shape index (κ1) is 23.1. The highest BCUT2D eigenvalue weighted by molar-refractivity contribution is 7.99. The van der Waals surface area contributed by atoms with Crippen LogP contribution in [-0.2, 0) is 21.7 Å². The Morgan fingerprint density at radius 1 is 1.15 bits per heavy atom. The molecule has 0 saturated carbocycles. The van der Waals surface area contributed by atoms with Crippen LogP contribution >= 0.6 is 11.8 Å². The Morgan fingerprint density at radius 2 is 1.88 bits per heavy atom.